The number of hydrogen-bond donors (Lipinski definition) is 2. The number of fused-ring (bicyclic) bond motifs is 1. The first-order valence-electron chi connectivity index (χ1n) is 11.4. The van der Waals surface area contributed by atoms with Gasteiger partial charge in [-0.3, -0.25) is 9.69 Å². The molecule has 168 valence electrons. The molecule has 1 aliphatic rings. The van der Waals surface area contributed by atoms with E-state index in [1.165, 1.54) is 12.0 Å². The van der Waals surface area contributed by atoms with E-state index < -0.39 is 0 Å². The summed E-state index contributed by atoms with van der Waals surface area (Å²) in [5.74, 6) is 0. The Morgan fingerprint density at radius 2 is 2.00 bits per heavy atom. The lowest BCUT2D eigenvalue weighted by Crippen LogP contribution is -2.44. The quantitative estimate of drug-likeness (QED) is 0.529. The number of likely N-dealkylation sites (N-methyl/N-ethyl adjacent to an activating group) is 1. The Bertz CT molecular complexity index is 1170. The van der Waals surface area contributed by atoms with Gasteiger partial charge in [0.05, 0.1) is 6.54 Å². The smallest absolute Gasteiger partial charge is 0.253 e. The van der Waals surface area contributed by atoms with E-state index in [1.807, 2.05) is 31.2 Å². The second kappa shape index (κ2) is 9.84. The van der Waals surface area contributed by atoms with Crippen LogP contribution in [0.15, 0.2) is 53.3 Å². The molecule has 0 spiro atoms. The Hall–Kier alpha value is -2.70. The largest absolute Gasteiger partial charge is 0.343 e. The maximum atomic E-state index is 12.9. The number of aromatic amines is 1. The fraction of sp³-hybridized carbons (Fsp3) is 0.385. The second-order valence-corrected chi connectivity index (χ2v) is 9.21. The van der Waals surface area contributed by atoms with E-state index in [4.69, 9.17) is 12.2 Å². The number of rotatable bonds is 6. The van der Waals surface area contributed by atoms with Gasteiger partial charge in [-0.2, -0.15) is 0 Å². The van der Waals surface area contributed by atoms with E-state index in [0.717, 1.165) is 53.8 Å². The predicted octanol–water partition coefficient (Wildman–Crippen LogP) is 4.83. The molecular weight excluding hydrogens is 416 g/mol. The summed E-state index contributed by atoms with van der Waals surface area (Å²) < 4.78 is 0. The monoisotopic (exact) mass is 448 g/mol. The van der Waals surface area contributed by atoms with Crippen molar-refractivity contribution < 1.29 is 0 Å². The molecule has 0 bridgehead atoms. The van der Waals surface area contributed by atoms with E-state index >= 15 is 0 Å². The zero-order valence-electron chi connectivity index (χ0n) is 19.1. The summed E-state index contributed by atoms with van der Waals surface area (Å²) in [7, 11) is 0. The van der Waals surface area contributed by atoms with Gasteiger partial charge in [0.1, 0.15) is 0 Å². The maximum absolute atomic E-state index is 12.9. The number of aryl methyl sites for hydroxylation is 2. The number of nitrogens with zero attached hydrogens (tertiary/aromatic N) is 2. The summed E-state index contributed by atoms with van der Waals surface area (Å²) in [6.07, 6.45) is 2.37. The van der Waals surface area contributed by atoms with Crippen LogP contribution in [0.4, 0.5) is 5.69 Å². The predicted molar refractivity (Wildman–Crippen MR) is 137 cm³/mol. The van der Waals surface area contributed by atoms with Gasteiger partial charge < -0.3 is 15.2 Å². The third-order valence-corrected chi connectivity index (χ3v) is 6.69. The van der Waals surface area contributed by atoms with Crippen LogP contribution in [0.25, 0.3) is 10.9 Å². The van der Waals surface area contributed by atoms with Crippen molar-refractivity contribution in [1.82, 2.24) is 14.8 Å². The standard InChI is InChI=1S/C26H32N4OS/c1-4-29-12-6-9-23(29)17-30(26(32)27-22-8-5-7-18(2)13-22)16-21-15-20-11-10-19(3)14-24(20)28-25(21)31/h5,7-8,10-11,13-15,23H,4,6,9,12,16-17H2,1-3H3,(H,27,32)(H,28,31). The highest BCUT2D eigenvalue weighted by Crippen LogP contribution is 2.20. The van der Waals surface area contributed by atoms with E-state index in [-0.39, 0.29) is 5.56 Å². The number of likely N-dealkylation sites (tertiary alicyclic amines) is 1. The van der Waals surface area contributed by atoms with Crippen molar-refractivity contribution >= 4 is 33.9 Å². The van der Waals surface area contributed by atoms with Crippen molar-refractivity contribution in [3.8, 4) is 0 Å². The average Bonchev–Trinajstić information content (AvgIpc) is 3.21. The highest BCUT2D eigenvalue weighted by Gasteiger charge is 2.26. The number of aromatic nitrogens is 1. The van der Waals surface area contributed by atoms with Crippen LogP contribution in [0, 0.1) is 13.8 Å². The molecule has 2 aromatic carbocycles. The van der Waals surface area contributed by atoms with Gasteiger partial charge in [0.2, 0.25) is 0 Å². The SMILES string of the molecule is CCN1CCCC1CN(Cc1cc2ccc(C)cc2[nH]c1=O)C(=S)Nc1cccc(C)c1. The minimum atomic E-state index is -0.0507. The van der Waals surface area contributed by atoms with E-state index in [9.17, 15) is 4.79 Å². The molecule has 0 aliphatic carbocycles. The fourth-order valence-corrected chi connectivity index (χ4v) is 4.86. The van der Waals surface area contributed by atoms with Crippen molar-refractivity contribution in [2.45, 2.75) is 46.2 Å². The molecule has 2 N–H and O–H groups in total. The van der Waals surface area contributed by atoms with Crippen molar-refractivity contribution in [2.75, 3.05) is 25.0 Å². The molecule has 3 aromatic rings. The van der Waals surface area contributed by atoms with E-state index in [2.05, 4.69) is 58.2 Å². The Kier molecular flexibility index (Phi) is 6.92. The first-order valence-corrected chi connectivity index (χ1v) is 11.8. The van der Waals surface area contributed by atoms with Gasteiger partial charge in [-0.1, -0.05) is 31.2 Å². The summed E-state index contributed by atoms with van der Waals surface area (Å²) in [5, 5.41) is 5.10. The Morgan fingerprint density at radius 3 is 2.78 bits per heavy atom. The molecule has 1 aliphatic heterocycles. The normalized spacial score (nSPS) is 16.4. The molecule has 1 aromatic heterocycles. The number of thiocarbonyl (C=S) groups is 1. The van der Waals surface area contributed by atoms with Gasteiger partial charge in [0, 0.05) is 29.4 Å². The Balaban J connectivity index is 1.61. The van der Waals surface area contributed by atoms with E-state index in [0.29, 0.717) is 17.7 Å². The molecule has 0 amide bonds. The van der Waals surface area contributed by atoms with Gasteiger partial charge in [0.15, 0.2) is 5.11 Å². The summed E-state index contributed by atoms with van der Waals surface area (Å²) in [4.78, 5) is 20.6. The molecule has 1 fully saturated rings. The second-order valence-electron chi connectivity index (χ2n) is 8.82. The minimum Gasteiger partial charge on any atom is -0.343 e. The van der Waals surface area contributed by atoms with Crippen LogP contribution in [0.5, 0.6) is 0 Å². The number of anilines is 1. The van der Waals surface area contributed by atoms with Crippen molar-refractivity contribution in [2.24, 2.45) is 0 Å². The summed E-state index contributed by atoms with van der Waals surface area (Å²) >= 11 is 5.85. The first kappa shape index (κ1) is 22.5. The van der Waals surface area contributed by atoms with E-state index in [1.54, 1.807) is 0 Å². The third-order valence-electron chi connectivity index (χ3n) is 6.33. The van der Waals surface area contributed by atoms with Gasteiger partial charge in [-0.05, 0) is 92.8 Å². The zero-order chi connectivity index (χ0) is 22.7. The summed E-state index contributed by atoms with van der Waals surface area (Å²) in [6, 6.07) is 16.8. The van der Waals surface area contributed by atoms with Gasteiger partial charge in [-0.25, -0.2) is 0 Å². The number of H-pyrrole nitrogens is 1. The topological polar surface area (TPSA) is 51.4 Å². The Morgan fingerprint density at radius 1 is 1.19 bits per heavy atom. The van der Waals surface area contributed by atoms with Crippen LogP contribution in [0.2, 0.25) is 0 Å². The lowest BCUT2D eigenvalue weighted by atomic mass is 10.1. The minimum absolute atomic E-state index is 0.0507. The van der Waals surface area contributed by atoms with Crippen LogP contribution in [0.3, 0.4) is 0 Å². The number of benzene rings is 2. The summed E-state index contributed by atoms with van der Waals surface area (Å²) in [6.45, 7) is 9.75. The lowest BCUT2D eigenvalue weighted by Gasteiger charge is -2.32. The molecule has 32 heavy (non-hydrogen) atoms. The molecule has 1 unspecified atom stereocenters. The van der Waals surface area contributed by atoms with Gasteiger partial charge in [-0.15, -0.1) is 0 Å². The molecule has 2 heterocycles. The number of hydrogen-bond acceptors (Lipinski definition) is 3. The number of nitrogens with one attached hydrogen (secondary N) is 2. The van der Waals surface area contributed by atoms with Gasteiger partial charge >= 0.3 is 0 Å². The average molecular weight is 449 g/mol. The first-order chi connectivity index (χ1) is 15.4. The molecule has 6 heteroatoms. The van der Waals surface area contributed by atoms with Crippen LogP contribution in [-0.4, -0.2) is 45.6 Å². The highest BCUT2D eigenvalue weighted by atomic mass is 32.1. The van der Waals surface area contributed by atoms with Crippen LogP contribution >= 0.6 is 12.2 Å². The van der Waals surface area contributed by atoms with Crippen molar-refractivity contribution in [3.63, 3.8) is 0 Å². The molecule has 4 rings (SSSR count). The fourth-order valence-electron chi connectivity index (χ4n) is 4.60. The molecule has 0 saturated carbocycles. The molecule has 1 atom stereocenters. The van der Waals surface area contributed by atoms with Crippen LogP contribution in [0.1, 0.15) is 36.5 Å². The van der Waals surface area contributed by atoms with Crippen LogP contribution in [-0.2, 0) is 6.54 Å². The number of pyridine rings is 1. The van der Waals surface area contributed by atoms with Gasteiger partial charge in [0.25, 0.3) is 5.56 Å². The van der Waals surface area contributed by atoms with Crippen molar-refractivity contribution in [1.29, 1.82) is 0 Å². The van der Waals surface area contributed by atoms with Crippen molar-refractivity contribution in [3.05, 3.63) is 75.6 Å². The maximum Gasteiger partial charge on any atom is 0.253 e. The molecule has 5 nitrogen and oxygen atoms in total. The molecule has 0 radical (unpaired) electrons. The Labute approximate surface area is 195 Å². The summed E-state index contributed by atoms with van der Waals surface area (Å²) in [5.41, 5.74) is 4.84. The third kappa shape index (κ3) is 5.19. The molecule has 1 saturated heterocycles. The van der Waals surface area contributed by atoms with Crippen LogP contribution < -0.4 is 10.9 Å². The lowest BCUT2D eigenvalue weighted by molar-refractivity contribution is 0.221. The zero-order valence-corrected chi connectivity index (χ0v) is 20.0. The highest BCUT2D eigenvalue weighted by molar-refractivity contribution is 7.80. The molecular formula is C26H32N4OS.